The van der Waals surface area contributed by atoms with Crippen LogP contribution in [0.5, 0.6) is 0 Å². The molecule has 110 valence electrons. The maximum absolute atomic E-state index is 10.4. The molecule has 0 saturated carbocycles. The van der Waals surface area contributed by atoms with E-state index in [0.717, 1.165) is 19.3 Å². The maximum atomic E-state index is 10.4. The van der Waals surface area contributed by atoms with E-state index < -0.39 is 7.82 Å². The molecular weight excluding hydrogens is 335 g/mol. The molecular formula is C12H27MoO4P. The molecule has 0 spiro atoms. The molecule has 0 aliphatic rings. The molecule has 4 nitrogen and oxygen atoms in total. The molecule has 0 bridgehead atoms. The second-order valence-corrected chi connectivity index (χ2v) is 5.75. The van der Waals surface area contributed by atoms with Crippen molar-refractivity contribution in [2.45, 2.75) is 71.1 Å². The van der Waals surface area contributed by atoms with E-state index in [2.05, 4.69) is 11.4 Å². The standard InChI is InChI=1S/C12H27O4P.Mo/c1-2-3-4-5-6-7-8-9-10-11-12-16-17(13,14)15;/h2-12H2,1H3,(H2,13,14,15);. The Morgan fingerprint density at radius 2 is 1.22 bits per heavy atom. The molecule has 0 unspecified atom stereocenters. The van der Waals surface area contributed by atoms with E-state index in [9.17, 15) is 4.57 Å². The molecule has 0 aliphatic carbocycles. The summed E-state index contributed by atoms with van der Waals surface area (Å²) in [6, 6.07) is 0. The van der Waals surface area contributed by atoms with Gasteiger partial charge >= 0.3 is 7.82 Å². The molecule has 0 heterocycles. The first-order chi connectivity index (χ1) is 8.06. The van der Waals surface area contributed by atoms with E-state index in [1.165, 1.54) is 44.9 Å². The minimum atomic E-state index is -4.24. The summed E-state index contributed by atoms with van der Waals surface area (Å²) in [5.41, 5.74) is 0. The van der Waals surface area contributed by atoms with Gasteiger partial charge in [-0.3, -0.25) is 4.52 Å². The van der Waals surface area contributed by atoms with Gasteiger partial charge in [0.2, 0.25) is 0 Å². The molecule has 18 heavy (non-hydrogen) atoms. The SMILES string of the molecule is CCCCCCCCCCCCOP(=O)(O)O.[Mo]. The number of phosphoric acid groups is 1. The van der Waals surface area contributed by atoms with Gasteiger partial charge in [-0.2, -0.15) is 0 Å². The van der Waals surface area contributed by atoms with Gasteiger partial charge in [0, 0.05) is 21.1 Å². The van der Waals surface area contributed by atoms with Crippen LogP contribution < -0.4 is 0 Å². The van der Waals surface area contributed by atoms with Gasteiger partial charge in [0.15, 0.2) is 0 Å². The van der Waals surface area contributed by atoms with E-state index in [-0.39, 0.29) is 27.7 Å². The Morgan fingerprint density at radius 3 is 1.61 bits per heavy atom. The molecule has 0 amide bonds. The number of unbranched alkanes of at least 4 members (excludes halogenated alkanes) is 9. The summed E-state index contributed by atoms with van der Waals surface area (Å²) in [6.07, 6.45) is 12.0. The predicted molar refractivity (Wildman–Crippen MR) is 69.8 cm³/mol. The maximum Gasteiger partial charge on any atom is 0.469 e. The quantitative estimate of drug-likeness (QED) is 0.313. The molecule has 0 radical (unpaired) electrons. The van der Waals surface area contributed by atoms with Crippen LogP contribution in [0.2, 0.25) is 0 Å². The second-order valence-electron chi connectivity index (χ2n) is 4.51. The van der Waals surface area contributed by atoms with Crippen LogP contribution in [0.3, 0.4) is 0 Å². The van der Waals surface area contributed by atoms with Crippen LogP contribution in [0, 0.1) is 0 Å². The molecule has 2 N–H and O–H groups in total. The molecule has 0 aromatic heterocycles. The molecule has 6 heteroatoms. The Balaban J connectivity index is 0. The zero-order chi connectivity index (χ0) is 13.0. The third kappa shape index (κ3) is 19.1. The summed E-state index contributed by atoms with van der Waals surface area (Å²) < 4.78 is 14.7. The van der Waals surface area contributed by atoms with E-state index in [1.54, 1.807) is 0 Å². The Bertz CT molecular complexity index is 208. The van der Waals surface area contributed by atoms with Crippen LogP contribution in [0.1, 0.15) is 71.1 Å². The zero-order valence-corrected chi connectivity index (χ0v) is 14.2. The summed E-state index contributed by atoms with van der Waals surface area (Å²) in [7, 11) is -4.24. The van der Waals surface area contributed by atoms with Crippen LogP contribution in [0.4, 0.5) is 0 Å². The van der Waals surface area contributed by atoms with Crippen molar-refractivity contribution in [3.05, 3.63) is 0 Å². The average Bonchev–Trinajstić information content (AvgIpc) is 2.24. The second kappa shape index (κ2) is 14.2. The Hall–Kier alpha value is 0.798. The molecule has 0 fully saturated rings. The topological polar surface area (TPSA) is 66.8 Å². The van der Waals surface area contributed by atoms with Crippen LogP contribution in [-0.4, -0.2) is 16.4 Å². The number of rotatable bonds is 12. The first kappa shape index (κ1) is 21.1. The van der Waals surface area contributed by atoms with Crippen molar-refractivity contribution in [1.82, 2.24) is 0 Å². The van der Waals surface area contributed by atoms with Gasteiger partial charge in [-0.15, -0.1) is 0 Å². The van der Waals surface area contributed by atoms with Crippen LogP contribution >= 0.6 is 7.82 Å². The summed E-state index contributed by atoms with van der Waals surface area (Å²) >= 11 is 0. The Morgan fingerprint density at radius 1 is 0.833 bits per heavy atom. The molecule has 0 aromatic carbocycles. The first-order valence-electron chi connectivity index (χ1n) is 6.76. The largest absolute Gasteiger partial charge is 0.469 e. The predicted octanol–water partition coefficient (Wildman–Crippen LogP) is 4.01. The molecule has 0 rings (SSSR count). The van der Waals surface area contributed by atoms with Crippen molar-refractivity contribution >= 4 is 7.82 Å². The third-order valence-corrected chi connectivity index (χ3v) is 3.28. The Kier molecular flexibility index (Phi) is 16.7. The number of hydrogen-bond donors (Lipinski definition) is 2. The monoisotopic (exact) mass is 364 g/mol. The smallest absolute Gasteiger partial charge is 0.303 e. The first-order valence-corrected chi connectivity index (χ1v) is 8.29. The van der Waals surface area contributed by atoms with Gasteiger partial charge in [0.25, 0.3) is 0 Å². The minimum absolute atomic E-state index is 0. The van der Waals surface area contributed by atoms with Crippen molar-refractivity contribution in [3.8, 4) is 0 Å². The Labute approximate surface area is 125 Å². The fourth-order valence-corrected chi connectivity index (χ4v) is 2.14. The number of phosphoric ester groups is 1. The van der Waals surface area contributed by atoms with Gasteiger partial charge < -0.3 is 9.79 Å². The third-order valence-electron chi connectivity index (χ3n) is 2.76. The fraction of sp³-hybridized carbons (Fsp3) is 1.00. The molecule has 0 aliphatic heterocycles. The summed E-state index contributed by atoms with van der Waals surface area (Å²) in [4.78, 5) is 16.9. The van der Waals surface area contributed by atoms with Crippen molar-refractivity contribution < 1.29 is 39.9 Å². The van der Waals surface area contributed by atoms with Gasteiger partial charge in [0.05, 0.1) is 6.61 Å². The average molecular weight is 362 g/mol. The van der Waals surface area contributed by atoms with Gasteiger partial charge in [-0.1, -0.05) is 64.7 Å². The molecule has 0 atom stereocenters. The van der Waals surface area contributed by atoms with E-state index in [1.807, 2.05) is 0 Å². The van der Waals surface area contributed by atoms with Gasteiger partial charge in [0.1, 0.15) is 0 Å². The molecule has 0 aromatic rings. The minimum Gasteiger partial charge on any atom is -0.303 e. The summed E-state index contributed by atoms with van der Waals surface area (Å²) in [5, 5.41) is 0. The molecule has 0 saturated heterocycles. The van der Waals surface area contributed by atoms with Crippen molar-refractivity contribution in [3.63, 3.8) is 0 Å². The zero-order valence-electron chi connectivity index (χ0n) is 11.3. The van der Waals surface area contributed by atoms with Gasteiger partial charge in [-0.25, -0.2) is 4.57 Å². The van der Waals surface area contributed by atoms with E-state index >= 15 is 0 Å². The van der Waals surface area contributed by atoms with Crippen LogP contribution in [0.25, 0.3) is 0 Å². The van der Waals surface area contributed by atoms with E-state index in [4.69, 9.17) is 9.79 Å². The van der Waals surface area contributed by atoms with Crippen LogP contribution in [-0.2, 0) is 30.2 Å². The van der Waals surface area contributed by atoms with Gasteiger partial charge in [-0.05, 0) is 6.42 Å². The summed E-state index contributed by atoms with van der Waals surface area (Å²) in [6.45, 7) is 2.39. The summed E-state index contributed by atoms with van der Waals surface area (Å²) in [5.74, 6) is 0. The normalized spacial score (nSPS) is 11.3. The van der Waals surface area contributed by atoms with Crippen molar-refractivity contribution in [2.24, 2.45) is 0 Å². The van der Waals surface area contributed by atoms with E-state index in [0.29, 0.717) is 0 Å². The van der Waals surface area contributed by atoms with Crippen molar-refractivity contribution in [2.75, 3.05) is 6.61 Å². The van der Waals surface area contributed by atoms with Crippen LogP contribution in [0.15, 0.2) is 0 Å². The fourth-order valence-electron chi connectivity index (χ4n) is 1.77. The van der Waals surface area contributed by atoms with Crippen molar-refractivity contribution in [1.29, 1.82) is 0 Å². The number of hydrogen-bond acceptors (Lipinski definition) is 2.